The van der Waals surface area contributed by atoms with Gasteiger partial charge in [-0.3, -0.25) is 10.4 Å². The second-order valence-electron chi connectivity index (χ2n) is 3.16. The number of aliphatic imine (C=N–C) groups is 1. The molecule has 0 aliphatic carbocycles. The number of aromatic hydroxyl groups is 1. The van der Waals surface area contributed by atoms with Crippen LogP contribution in [0.2, 0.25) is 0 Å². The maximum absolute atomic E-state index is 9.77. The van der Waals surface area contributed by atoms with Crippen LogP contribution in [0.5, 0.6) is 5.75 Å². The molecule has 0 saturated heterocycles. The first-order valence-electron chi connectivity index (χ1n) is 4.68. The molecule has 1 aromatic heterocycles. The maximum Gasteiger partial charge on any atom is 0.183 e. The van der Waals surface area contributed by atoms with E-state index in [1.54, 1.807) is 30.8 Å². The van der Waals surface area contributed by atoms with E-state index in [1.807, 2.05) is 0 Å². The number of benzene rings is 1. The number of H-pyrrole nitrogens is 1. The van der Waals surface area contributed by atoms with Crippen LogP contribution in [-0.2, 0) is 0 Å². The van der Waals surface area contributed by atoms with E-state index in [1.165, 1.54) is 11.8 Å². The van der Waals surface area contributed by atoms with Crippen molar-refractivity contribution >= 4 is 33.5 Å². The molecule has 6 nitrogen and oxygen atoms in total. The van der Waals surface area contributed by atoms with Crippen LogP contribution in [0.3, 0.4) is 0 Å². The van der Waals surface area contributed by atoms with E-state index in [-0.39, 0.29) is 5.75 Å². The average Bonchev–Trinajstić information content (AvgIpc) is 2.75. The van der Waals surface area contributed by atoms with Crippen molar-refractivity contribution in [3.63, 3.8) is 0 Å². The molecule has 0 aliphatic heterocycles. The molecule has 1 heterocycles. The van der Waals surface area contributed by atoms with Gasteiger partial charge in [-0.1, -0.05) is 11.8 Å². The molecule has 0 aliphatic rings. The topological polar surface area (TPSA) is 97.1 Å². The minimum Gasteiger partial charge on any atom is -0.506 e. The lowest BCUT2D eigenvalue weighted by molar-refractivity contribution is 0.477. The summed E-state index contributed by atoms with van der Waals surface area (Å²) < 4.78 is 0. The lowest BCUT2D eigenvalue weighted by Crippen LogP contribution is -2.12. The smallest absolute Gasteiger partial charge is 0.183 e. The molecule has 3 N–H and O–H groups in total. The predicted octanol–water partition coefficient (Wildman–Crippen LogP) is 1.69. The molecule has 7 heteroatoms. The first kappa shape index (κ1) is 11.3. The molecule has 17 heavy (non-hydrogen) atoms. The zero-order chi connectivity index (χ0) is 12.3. The van der Waals surface area contributed by atoms with Gasteiger partial charge in [0.25, 0.3) is 0 Å². The molecule has 0 unspecified atom stereocenters. The van der Waals surface area contributed by atoms with E-state index < -0.39 is 0 Å². The molecule has 0 bridgehead atoms. The first-order valence-corrected chi connectivity index (χ1v) is 5.91. The van der Waals surface area contributed by atoms with Crippen molar-refractivity contribution in [3.8, 4) is 11.9 Å². The summed E-state index contributed by atoms with van der Waals surface area (Å²) in [6, 6.07) is 3.24. The van der Waals surface area contributed by atoms with E-state index in [0.717, 1.165) is 10.9 Å². The second-order valence-corrected chi connectivity index (χ2v) is 3.95. The summed E-state index contributed by atoms with van der Waals surface area (Å²) in [5, 5.41) is 28.6. The molecule has 0 spiro atoms. The zero-order valence-corrected chi connectivity index (χ0v) is 9.75. The van der Waals surface area contributed by atoms with E-state index in [4.69, 9.17) is 5.26 Å². The van der Waals surface area contributed by atoms with Crippen molar-refractivity contribution in [1.82, 2.24) is 15.5 Å². The van der Waals surface area contributed by atoms with Crippen LogP contribution < -0.4 is 5.32 Å². The van der Waals surface area contributed by atoms with Gasteiger partial charge in [0.15, 0.2) is 11.4 Å². The Labute approximate surface area is 101 Å². The van der Waals surface area contributed by atoms with Crippen LogP contribution in [0.15, 0.2) is 23.3 Å². The molecular formula is C10H9N5OS. The predicted molar refractivity (Wildman–Crippen MR) is 67.1 cm³/mol. The Morgan fingerprint density at radius 2 is 2.47 bits per heavy atom. The molecular weight excluding hydrogens is 238 g/mol. The molecule has 0 amide bonds. The van der Waals surface area contributed by atoms with Gasteiger partial charge in [-0.2, -0.15) is 10.4 Å². The van der Waals surface area contributed by atoms with Gasteiger partial charge in [0.05, 0.1) is 11.7 Å². The highest BCUT2D eigenvalue weighted by Gasteiger charge is 2.05. The van der Waals surface area contributed by atoms with E-state index in [2.05, 4.69) is 20.5 Å². The molecule has 0 atom stereocenters. The number of thioether (sulfide) groups is 1. The summed E-state index contributed by atoms with van der Waals surface area (Å²) in [6.45, 7) is 0. The van der Waals surface area contributed by atoms with Crippen molar-refractivity contribution in [2.75, 3.05) is 6.26 Å². The minimum atomic E-state index is 0.0465. The van der Waals surface area contributed by atoms with Crippen LogP contribution in [0, 0.1) is 11.5 Å². The van der Waals surface area contributed by atoms with Gasteiger partial charge in [-0.25, -0.2) is 4.99 Å². The molecule has 2 rings (SSSR count). The number of aromatic amines is 1. The van der Waals surface area contributed by atoms with Crippen LogP contribution in [0.25, 0.3) is 10.9 Å². The maximum atomic E-state index is 9.77. The van der Waals surface area contributed by atoms with Gasteiger partial charge in [0.2, 0.25) is 0 Å². The van der Waals surface area contributed by atoms with E-state index >= 15 is 0 Å². The van der Waals surface area contributed by atoms with Crippen LogP contribution in [0.4, 0.5) is 5.69 Å². The molecule has 0 radical (unpaired) electrons. The Balaban J connectivity index is 2.47. The Hall–Kier alpha value is -2.20. The van der Waals surface area contributed by atoms with E-state index in [0.29, 0.717) is 10.9 Å². The van der Waals surface area contributed by atoms with Crippen LogP contribution >= 0.6 is 11.8 Å². The summed E-state index contributed by atoms with van der Waals surface area (Å²) in [5.74, 6) is 0.0465. The van der Waals surface area contributed by atoms with Gasteiger partial charge in [-0.15, -0.1) is 0 Å². The molecule has 86 valence electrons. The summed E-state index contributed by atoms with van der Waals surface area (Å²) in [6.07, 6.45) is 5.19. The SMILES string of the molecule is CSC(=Nc1cc2[nH]ncc2cc1O)NC#N. The Morgan fingerprint density at radius 1 is 1.65 bits per heavy atom. The third-order valence-corrected chi connectivity index (χ3v) is 2.69. The van der Waals surface area contributed by atoms with E-state index in [9.17, 15) is 5.11 Å². The number of nitrogens with zero attached hydrogens (tertiary/aromatic N) is 3. The zero-order valence-electron chi connectivity index (χ0n) is 8.93. The Kier molecular flexibility index (Phi) is 3.16. The number of hydrogen-bond donors (Lipinski definition) is 3. The number of aromatic nitrogens is 2. The lowest BCUT2D eigenvalue weighted by atomic mass is 10.2. The van der Waals surface area contributed by atoms with Crippen molar-refractivity contribution in [1.29, 1.82) is 5.26 Å². The fraction of sp³-hybridized carbons (Fsp3) is 0.100. The number of hydrogen-bond acceptors (Lipinski definition) is 5. The fourth-order valence-electron chi connectivity index (χ4n) is 1.34. The number of phenolic OH excluding ortho intramolecular Hbond substituents is 1. The Bertz CT molecular complexity index is 613. The van der Waals surface area contributed by atoms with Gasteiger partial charge in [0.1, 0.15) is 11.4 Å². The lowest BCUT2D eigenvalue weighted by Gasteiger charge is -2.02. The Morgan fingerprint density at radius 3 is 3.18 bits per heavy atom. The minimum absolute atomic E-state index is 0.0465. The number of rotatable bonds is 1. The van der Waals surface area contributed by atoms with Gasteiger partial charge < -0.3 is 5.11 Å². The highest BCUT2D eigenvalue weighted by atomic mass is 32.2. The van der Waals surface area contributed by atoms with Gasteiger partial charge in [-0.05, 0) is 18.4 Å². The van der Waals surface area contributed by atoms with Gasteiger partial charge >= 0.3 is 0 Å². The number of phenols is 1. The monoisotopic (exact) mass is 247 g/mol. The molecule has 0 fully saturated rings. The molecule has 1 aromatic carbocycles. The van der Waals surface area contributed by atoms with Crippen molar-refractivity contribution in [3.05, 3.63) is 18.3 Å². The van der Waals surface area contributed by atoms with Crippen LogP contribution in [-0.4, -0.2) is 26.7 Å². The molecule has 0 saturated carbocycles. The fourth-order valence-corrected chi connectivity index (χ4v) is 1.68. The number of fused-ring (bicyclic) bond motifs is 1. The quantitative estimate of drug-likeness (QED) is 0.308. The highest BCUT2D eigenvalue weighted by molar-refractivity contribution is 8.13. The third-order valence-electron chi connectivity index (χ3n) is 2.11. The number of nitrogens with one attached hydrogen (secondary N) is 2. The summed E-state index contributed by atoms with van der Waals surface area (Å²) >= 11 is 1.28. The largest absolute Gasteiger partial charge is 0.506 e. The normalized spacial score (nSPS) is 11.4. The summed E-state index contributed by atoms with van der Waals surface area (Å²) in [5.41, 5.74) is 1.16. The number of nitriles is 1. The van der Waals surface area contributed by atoms with Crippen molar-refractivity contribution in [2.45, 2.75) is 0 Å². The summed E-state index contributed by atoms with van der Waals surface area (Å²) in [7, 11) is 0. The number of amidine groups is 1. The van der Waals surface area contributed by atoms with Crippen molar-refractivity contribution in [2.24, 2.45) is 4.99 Å². The standard InChI is InChI=1S/C10H9N5OS/c1-17-10(12-5-11)14-8-3-7-6(2-9(8)16)4-13-15-7/h2-4,16H,1H3,(H,12,14)(H,13,15). The highest BCUT2D eigenvalue weighted by Crippen LogP contribution is 2.31. The van der Waals surface area contributed by atoms with Crippen LogP contribution in [0.1, 0.15) is 0 Å². The third kappa shape index (κ3) is 2.32. The second kappa shape index (κ2) is 4.76. The first-order chi connectivity index (χ1) is 8.24. The summed E-state index contributed by atoms with van der Waals surface area (Å²) in [4.78, 5) is 4.14. The van der Waals surface area contributed by atoms with Crippen molar-refractivity contribution < 1.29 is 5.11 Å². The average molecular weight is 247 g/mol. The molecule has 2 aromatic rings. The van der Waals surface area contributed by atoms with Gasteiger partial charge in [0, 0.05) is 5.39 Å².